The molecule has 4 rings (SSSR count). The van der Waals surface area contributed by atoms with Crippen molar-refractivity contribution in [2.45, 2.75) is 39.3 Å². The maximum Gasteiger partial charge on any atom is 0.240 e. The van der Waals surface area contributed by atoms with Crippen LogP contribution in [0, 0.1) is 19.7 Å². The van der Waals surface area contributed by atoms with Gasteiger partial charge in [0.05, 0.1) is 11.0 Å². The van der Waals surface area contributed by atoms with E-state index in [1.54, 1.807) is 19.2 Å². The molecule has 0 bridgehead atoms. The highest BCUT2D eigenvalue weighted by molar-refractivity contribution is 5.84. The standard InChI is InChI=1S/C20H20FN3O/c1-12-13(2)17(21)6-5-16(12)14-9-19-18(22-10-14)7-8-24(19)11-20(25)23-15-3-4-15/h5-10,15H,3-4,11H2,1-2H3,(H,23,25). The van der Waals surface area contributed by atoms with Crippen molar-refractivity contribution >= 4 is 16.9 Å². The average molecular weight is 337 g/mol. The molecule has 0 spiro atoms. The summed E-state index contributed by atoms with van der Waals surface area (Å²) in [6.45, 7) is 3.98. The highest BCUT2D eigenvalue weighted by atomic mass is 19.1. The van der Waals surface area contributed by atoms with Gasteiger partial charge in [-0.2, -0.15) is 0 Å². The first-order valence-electron chi connectivity index (χ1n) is 8.53. The number of pyridine rings is 1. The Balaban J connectivity index is 1.70. The molecular formula is C20H20FN3O. The molecule has 5 heteroatoms. The number of nitrogens with one attached hydrogen (secondary N) is 1. The van der Waals surface area contributed by atoms with E-state index in [0.29, 0.717) is 11.6 Å². The largest absolute Gasteiger partial charge is 0.352 e. The lowest BCUT2D eigenvalue weighted by Crippen LogP contribution is -2.29. The maximum atomic E-state index is 13.7. The second-order valence-electron chi connectivity index (χ2n) is 6.76. The van der Waals surface area contributed by atoms with Gasteiger partial charge in [-0.05, 0) is 61.6 Å². The molecule has 1 aliphatic rings. The molecule has 128 valence electrons. The Morgan fingerprint density at radius 2 is 2.08 bits per heavy atom. The SMILES string of the molecule is Cc1c(F)ccc(-c2cnc3ccn(CC(=O)NC4CC4)c3c2)c1C. The van der Waals surface area contributed by atoms with Crippen molar-refractivity contribution in [1.82, 2.24) is 14.9 Å². The van der Waals surface area contributed by atoms with Crippen LogP contribution in [-0.2, 0) is 11.3 Å². The van der Waals surface area contributed by atoms with E-state index in [1.807, 2.05) is 29.8 Å². The van der Waals surface area contributed by atoms with Crippen LogP contribution in [0.15, 0.2) is 36.7 Å². The molecule has 0 atom stereocenters. The lowest BCUT2D eigenvalue weighted by atomic mass is 9.97. The van der Waals surface area contributed by atoms with Crippen LogP contribution in [-0.4, -0.2) is 21.5 Å². The summed E-state index contributed by atoms with van der Waals surface area (Å²) in [7, 11) is 0. The van der Waals surface area contributed by atoms with Crippen LogP contribution in [0.3, 0.4) is 0 Å². The first-order valence-corrected chi connectivity index (χ1v) is 8.53. The summed E-state index contributed by atoms with van der Waals surface area (Å²) < 4.78 is 15.6. The van der Waals surface area contributed by atoms with E-state index >= 15 is 0 Å². The molecule has 2 aromatic heterocycles. The normalized spacial score (nSPS) is 14.0. The van der Waals surface area contributed by atoms with Crippen molar-refractivity contribution < 1.29 is 9.18 Å². The first-order chi connectivity index (χ1) is 12.0. The van der Waals surface area contributed by atoms with Crippen molar-refractivity contribution in [3.8, 4) is 11.1 Å². The number of carbonyl (C=O) groups excluding carboxylic acids is 1. The average Bonchev–Trinajstić information content (AvgIpc) is 3.32. The number of rotatable bonds is 4. The summed E-state index contributed by atoms with van der Waals surface area (Å²) in [6.07, 6.45) is 5.84. The minimum Gasteiger partial charge on any atom is -0.352 e. The molecular weight excluding hydrogens is 317 g/mol. The fourth-order valence-corrected chi connectivity index (χ4v) is 3.10. The quantitative estimate of drug-likeness (QED) is 0.788. The Labute approximate surface area is 145 Å². The fourth-order valence-electron chi connectivity index (χ4n) is 3.10. The number of fused-ring (bicyclic) bond motifs is 1. The molecule has 2 heterocycles. The lowest BCUT2D eigenvalue weighted by molar-refractivity contribution is -0.121. The summed E-state index contributed by atoms with van der Waals surface area (Å²) in [6, 6.07) is 7.56. The number of halogens is 1. The van der Waals surface area contributed by atoms with E-state index in [2.05, 4.69) is 10.3 Å². The van der Waals surface area contributed by atoms with E-state index in [9.17, 15) is 9.18 Å². The van der Waals surface area contributed by atoms with Gasteiger partial charge in [0, 0.05) is 24.0 Å². The van der Waals surface area contributed by atoms with Gasteiger partial charge in [0.2, 0.25) is 5.91 Å². The van der Waals surface area contributed by atoms with Gasteiger partial charge in [-0.3, -0.25) is 9.78 Å². The number of nitrogens with zero attached hydrogens (tertiary/aromatic N) is 2. The molecule has 0 aliphatic heterocycles. The van der Waals surface area contributed by atoms with Gasteiger partial charge in [-0.25, -0.2) is 4.39 Å². The van der Waals surface area contributed by atoms with Crippen molar-refractivity contribution in [1.29, 1.82) is 0 Å². The molecule has 25 heavy (non-hydrogen) atoms. The predicted molar refractivity (Wildman–Crippen MR) is 95.8 cm³/mol. The molecule has 1 N–H and O–H groups in total. The number of hydrogen-bond donors (Lipinski definition) is 1. The number of carbonyl (C=O) groups is 1. The Bertz CT molecular complexity index is 972. The Morgan fingerprint density at radius 1 is 1.28 bits per heavy atom. The van der Waals surface area contributed by atoms with Crippen LogP contribution < -0.4 is 5.32 Å². The van der Waals surface area contributed by atoms with Crippen molar-refractivity contribution in [3.63, 3.8) is 0 Å². The summed E-state index contributed by atoms with van der Waals surface area (Å²) in [4.78, 5) is 16.6. The van der Waals surface area contributed by atoms with Crippen LogP contribution in [0.1, 0.15) is 24.0 Å². The lowest BCUT2D eigenvalue weighted by Gasteiger charge is -2.11. The van der Waals surface area contributed by atoms with Crippen LogP contribution in [0.25, 0.3) is 22.2 Å². The van der Waals surface area contributed by atoms with Gasteiger partial charge >= 0.3 is 0 Å². The monoisotopic (exact) mass is 337 g/mol. The summed E-state index contributed by atoms with van der Waals surface area (Å²) in [5.41, 5.74) is 5.20. The molecule has 1 fully saturated rings. The zero-order chi connectivity index (χ0) is 17.6. The molecule has 3 aromatic rings. The zero-order valence-corrected chi connectivity index (χ0v) is 14.3. The molecule has 1 aliphatic carbocycles. The molecule has 4 nitrogen and oxygen atoms in total. The molecule has 1 saturated carbocycles. The second kappa shape index (κ2) is 5.99. The van der Waals surface area contributed by atoms with E-state index < -0.39 is 0 Å². The molecule has 1 aromatic carbocycles. The molecule has 0 unspecified atom stereocenters. The Kier molecular flexibility index (Phi) is 3.79. The number of amides is 1. The maximum absolute atomic E-state index is 13.7. The van der Waals surface area contributed by atoms with Crippen LogP contribution in [0.5, 0.6) is 0 Å². The summed E-state index contributed by atoms with van der Waals surface area (Å²) in [5, 5.41) is 3.00. The number of aromatic nitrogens is 2. The van der Waals surface area contributed by atoms with Gasteiger partial charge < -0.3 is 9.88 Å². The smallest absolute Gasteiger partial charge is 0.240 e. The Hall–Kier alpha value is -2.69. The minimum absolute atomic E-state index is 0.0270. The van der Waals surface area contributed by atoms with Crippen molar-refractivity contribution in [2.75, 3.05) is 0 Å². The second-order valence-corrected chi connectivity index (χ2v) is 6.76. The predicted octanol–water partition coefficient (Wildman–Crippen LogP) is 3.74. The summed E-state index contributed by atoms with van der Waals surface area (Å²) >= 11 is 0. The van der Waals surface area contributed by atoms with Gasteiger partial charge in [-0.15, -0.1) is 0 Å². The third-order valence-corrected chi connectivity index (χ3v) is 4.91. The zero-order valence-electron chi connectivity index (χ0n) is 14.3. The molecule has 0 radical (unpaired) electrons. The Morgan fingerprint density at radius 3 is 2.84 bits per heavy atom. The first kappa shape index (κ1) is 15.8. The van der Waals surface area contributed by atoms with E-state index in [1.165, 1.54) is 6.07 Å². The van der Waals surface area contributed by atoms with Crippen LogP contribution in [0.2, 0.25) is 0 Å². The third kappa shape index (κ3) is 3.02. The highest BCUT2D eigenvalue weighted by Gasteiger charge is 2.23. The van der Waals surface area contributed by atoms with Crippen LogP contribution in [0.4, 0.5) is 4.39 Å². The minimum atomic E-state index is -0.199. The van der Waals surface area contributed by atoms with E-state index in [0.717, 1.165) is 40.6 Å². The van der Waals surface area contributed by atoms with Gasteiger partial charge in [0.25, 0.3) is 0 Å². The number of hydrogen-bond acceptors (Lipinski definition) is 2. The molecule has 1 amide bonds. The van der Waals surface area contributed by atoms with Gasteiger partial charge in [-0.1, -0.05) is 6.07 Å². The van der Waals surface area contributed by atoms with E-state index in [-0.39, 0.29) is 18.3 Å². The van der Waals surface area contributed by atoms with Crippen molar-refractivity contribution in [3.05, 3.63) is 53.6 Å². The summed E-state index contributed by atoms with van der Waals surface area (Å²) in [5.74, 6) is -0.172. The van der Waals surface area contributed by atoms with Gasteiger partial charge in [0.1, 0.15) is 12.4 Å². The van der Waals surface area contributed by atoms with Gasteiger partial charge in [0.15, 0.2) is 0 Å². The van der Waals surface area contributed by atoms with Crippen molar-refractivity contribution in [2.24, 2.45) is 0 Å². The van der Waals surface area contributed by atoms with E-state index in [4.69, 9.17) is 0 Å². The fraction of sp³-hybridized carbons (Fsp3) is 0.300. The number of benzene rings is 1. The third-order valence-electron chi connectivity index (χ3n) is 4.91. The van der Waals surface area contributed by atoms with Crippen LogP contribution >= 0.6 is 0 Å². The topological polar surface area (TPSA) is 46.9 Å². The molecule has 0 saturated heterocycles. The highest BCUT2D eigenvalue weighted by Crippen LogP contribution is 2.29.